The van der Waals surface area contributed by atoms with E-state index in [1.54, 1.807) is 7.11 Å². The molecule has 0 spiro atoms. The van der Waals surface area contributed by atoms with Gasteiger partial charge in [0.25, 0.3) is 0 Å². The molecular weight excluding hydrogens is 360 g/mol. The van der Waals surface area contributed by atoms with Gasteiger partial charge in [-0.1, -0.05) is 19.1 Å². The number of piperidine rings is 1. The highest BCUT2D eigenvalue weighted by atomic mass is 16.5. The third kappa shape index (κ3) is 4.63. The Hall–Kier alpha value is -2.16. The molecule has 28 heavy (non-hydrogen) atoms. The van der Waals surface area contributed by atoms with Crippen molar-refractivity contribution in [3.05, 3.63) is 29.8 Å². The lowest BCUT2D eigenvalue weighted by Crippen LogP contribution is -2.50. The number of benzene rings is 1. The quantitative estimate of drug-likeness (QED) is 0.636. The zero-order chi connectivity index (χ0) is 20.1. The molecule has 2 aliphatic heterocycles. The molecule has 2 unspecified atom stereocenters. The van der Waals surface area contributed by atoms with Gasteiger partial charge in [0.15, 0.2) is 0 Å². The van der Waals surface area contributed by atoms with Crippen molar-refractivity contribution in [2.75, 3.05) is 39.8 Å². The van der Waals surface area contributed by atoms with E-state index in [1.807, 2.05) is 41.0 Å². The van der Waals surface area contributed by atoms with Crippen LogP contribution in [0.3, 0.4) is 0 Å². The first-order valence-electron chi connectivity index (χ1n) is 9.90. The number of aliphatic carboxylic acids is 1. The largest absolute Gasteiger partial charge is 0.497 e. The number of hydrogen-bond acceptors (Lipinski definition) is 6. The number of nitrogens with zero attached hydrogens (tertiary/aromatic N) is 2. The van der Waals surface area contributed by atoms with Crippen LogP contribution < -0.4 is 15.6 Å². The summed E-state index contributed by atoms with van der Waals surface area (Å²) >= 11 is 0. The fourth-order valence-corrected chi connectivity index (χ4v) is 4.21. The summed E-state index contributed by atoms with van der Waals surface area (Å²) in [6, 6.07) is 7.94. The Kier molecular flexibility index (Phi) is 6.88. The van der Waals surface area contributed by atoms with E-state index in [-0.39, 0.29) is 30.5 Å². The summed E-state index contributed by atoms with van der Waals surface area (Å²) in [4.78, 5) is 28.1. The summed E-state index contributed by atoms with van der Waals surface area (Å²) in [5.41, 5.74) is 7.40. The summed E-state index contributed by atoms with van der Waals surface area (Å²) in [6.07, 6.45) is 1.63. The van der Waals surface area contributed by atoms with Crippen LogP contribution in [-0.2, 0) is 9.59 Å². The zero-order valence-electron chi connectivity index (χ0n) is 16.6. The summed E-state index contributed by atoms with van der Waals surface area (Å²) in [7, 11) is 1.64. The van der Waals surface area contributed by atoms with Crippen molar-refractivity contribution < 1.29 is 19.4 Å². The lowest BCUT2D eigenvalue weighted by atomic mass is 9.92. The molecule has 154 valence electrons. The van der Waals surface area contributed by atoms with E-state index in [0.717, 1.165) is 24.2 Å². The normalized spacial score (nSPS) is 23.2. The second kappa shape index (κ2) is 9.36. The van der Waals surface area contributed by atoms with Crippen LogP contribution in [0.15, 0.2) is 24.3 Å². The highest BCUT2D eigenvalue weighted by molar-refractivity contribution is 5.80. The van der Waals surface area contributed by atoms with Gasteiger partial charge in [0.05, 0.1) is 25.6 Å². The molecule has 8 heteroatoms. The molecular formula is C20H30N4O4. The summed E-state index contributed by atoms with van der Waals surface area (Å²) in [5, 5.41) is 9.07. The number of ether oxygens (including phenoxy) is 1. The summed E-state index contributed by atoms with van der Waals surface area (Å²) < 4.78 is 5.21. The fourth-order valence-electron chi connectivity index (χ4n) is 4.21. The van der Waals surface area contributed by atoms with E-state index >= 15 is 0 Å². The van der Waals surface area contributed by atoms with Crippen molar-refractivity contribution in [3.63, 3.8) is 0 Å². The Morgan fingerprint density at radius 3 is 2.50 bits per heavy atom. The lowest BCUT2D eigenvalue weighted by Gasteiger charge is -2.38. The van der Waals surface area contributed by atoms with Crippen molar-refractivity contribution in [2.24, 2.45) is 5.92 Å². The average molecular weight is 390 g/mol. The maximum atomic E-state index is 13.1. The molecule has 1 aromatic carbocycles. The lowest BCUT2D eigenvalue weighted by molar-refractivity contribution is -0.141. The molecule has 2 aliphatic rings. The van der Waals surface area contributed by atoms with Crippen molar-refractivity contribution in [2.45, 2.75) is 31.8 Å². The first-order valence-corrected chi connectivity index (χ1v) is 9.90. The van der Waals surface area contributed by atoms with E-state index in [1.165, 1.54) is 0 Å². The van der Waals surface area contributed by atoms with E-state index in [2.05, 4.69) is 10.9 Å². The molecule has 1 amide bonds. The number of carboxylic acids is 1. The molecule has 2 atom stereocenters. The molecule has 0 radical (unpaired) electrons. The number of rotatable bonds is 7. The third-order valence-corrected chi connectivity index (χ3v) is 5.81. The van der Waals surface area contributed by atoms with Crippen LogP contribution >= 0.6 is 0 Å². The smallest absolute Gasteiger partial charge is 0.317 e. The minimum atomic E-state index is -0.800. The fraction of sp³-hybridized carbons (Fsp3) is 0.600. The number of carbonyl (C=O) groups excluding carboxylic acids is 1. The number of hydrogen-bond donors (Lipinski definition) is 3. The minimum absolute atomic E-state index is 0.0606. The van der Waals surface area contributed by atoms with E-state index < -0.39 is 5.97 Å². The Labute approximate surface area is 165 Å². The molecule has 3 N–H and O–H groups in total. The van der Waals surface area contributed by atoms with Crippen molar-refractivity contribution in [1.82, 2.24) is 20.7 Å². The first-order chi connectivity index (χ1) is 13.5. The highest BCUT2D eigenvalue weighted by Gasteiger charge is 2.38. The Balaban J connectivity index is 1.60. The SMILES string of the molecule is CCN(CC(=O)O)C1CCN(C(=O)C2CNNC2c2ccc(OC)cc2)CC1. The van der Waals surface area contributed by atoms with Gasteiger partial charge in [-0.05, 0) is 37.1 Å². The van der Waals surface area contributed by atoms with E-state index in [0.29, 0.717) is 26.2 Å². The summed E-state index contributed by atoms with van der Waals surface area (Å²) in [6.45, 7) is 4.69. The zero-order valence-corrected chi connectivity index (χ0v) is 16.6. The van der Waals surface area contributed by atoms with Gasteiger partial charge in [-0.25, -0.2) is 5.43 Å². The van der Waals surface area contributed by atoms with Crippen LogP contribution in [0.2, 0.25) is 0 Å². The number of hydrazine groups is 1. The maximum Gasteiger partial charge on any atom is 0.317 e. The third-order valence-electron chi connectivity index (χ3n) is 5.81. The summed E-state index contributed by atoms with van der Waals surface area (Å²) in [5.74, 6) is -0.0171. The number of methoxy groups -OCH3 is 1. The number of carbonyl (C=O) groups is 2. The first kappa shape index (κ1) is 20.6. The van der Waals surface area contributed by atoms with Gasteiger partial charge in [-0.3, -0.25) is 19.9 Å². The number of likely N-dealkylation sites (N-methyl/N-ethyl adjacent to an activating group) is 1. The average Bonchev–Trinajstić information content (AvgIpc) is 3.21. The Morgan fingerprint density at radius 2 is 1.93 bits per heavy atom. The second-order valence-electron chi connectivity index (χ2n) is 7.40. The number of carboxylic acid groups (broad SMARTS) is 1. The van der Waals surface area contributed by atoms with Gasteiger partial charge in [0, 0.05) is 25.7 Å². The highest BCUT2D eigenvalue weighted by Crippen LogP contribution is 2.29. The van der Waals surface area contributed by atoms with Crippen LogP contribution in [-0.4, -0.2) is 72.7 Å². The van der Waals surface area contributed by atoms with Crippen LogP contribution in [0.4, 0.5) is 0 Å². The van der Waals surface area contributed by atoms with Crippen LogP contribution in [0.5, 0.6) is 5.75 Å². The van der Waals surface area contributed by atoms with Gasteiger partial charge in [-0.15, -0.1) is 0 Å². The Morgan fingerprint density at radius 1 is 1.25 bits per heavy atom. The molecule has 0 saturated carbocycles. The van der Waals surface area contributed by atoms with Crippen LogP contribution in [0.1, 0.15) is 31.4 Å². The van der Waals surface area contributed by atoms with Gasteiger partial charge in [0.2, 0.25) is 5.91 Å². The van der Waals surface area contributed by atoms with Gasteiger partial charge < -0.3 is 14.7 Å². The minimum Gasteiger partial charge on any atom is -0.497 e. The van der Waals surface area contributed by atoms with Gasteiger partial charge in [0.1, 0.15) is 5.75 Å². The van der Waals surface area contributed by atoms with Crippen molar-refractivity contribution >= 4 is 11.9 Å². The Bertz CT molecular complexity index is 673. The molecule has 0 aromatic heterocycles. The molecule has 1 aromatic rings. The molecule has 0 bridgehead atoms. The maximum absolute atomic E-state index is 13.1. The molecule has 3 rings (SSSR count). The second-order valence-corrected chi connectivity index (χ2v) is 7.40. The number of likely N-dealkylation sites (tertiary alicyclic amines) is 1. The van der Waals surface area contributed by atoms with E-state index in [9.17, 15) is 9.59 Å². The molecule has 8 nitrogen and oxygen atoms in total. The topological polar surface area (TPSA) is 94.1 Å². The monoisotopic (exact) mass is 390 g/mol. The number of nitrogens with one attached hydrogen (secondary N) is 2. The predicted octanol–water partition coefficient (Wildman–Crippen LogP) is 0.858. The van der Waals surface area contributed by atoms with Crippen LogP contribution in [0.25, 0.3) is 0 Å². The van der Waals surface area contributed by atoms with Gasteiger partial charge in [-0.2, -0.15) is 0 Å². The van der Waals surface area contributed by atoms with Crippen molar-refractivity contribution in [3.8, 4) is 5.75 Å². The molecule has 2 heterocycles. The van der Waals surface area contributed by atoms with Crippen molar-refractivity contribution in [1.29, 1.82) is 0 Å². The molecule has 2 fully saturated rings. The molecule has 0 aliphatic carbocycles. The molecule has 2 saturated heterocycles. The van der Waals surface area contributed by atoms with Crippen LogP contribution in [0, 0.1) is 5.92 Å². The van der Waals surface area contributed by atoms with Gasteiger partial charge >= 0.3 is 5.97 Å². The number of amides is 1. The predicted molar refractivity (Wildman–Crippen MR) is 105 cm³/mol. The van der Waals surface area contributed by atoms with E-state index in [4.69, 9.17) is 9.84 Å². The standard InChI is InChI=1S/C20H30N4O4/c1-3-23(13-18(25)26)15-8-10-24(11-9-15)20(27)17-12-21-22-19(17)14-4-6-16(28-2)7-5-14/h4-7,15,17,19,21-22H,3,8-13H2,1-2H3,(H,25,26).